The van der Waals surface area contributed by atoms with E-state index in [1.54, 1.807) is 4.90 Å². The third-order valence-corrected chi connectivity index (χ3v) is 3.53. The van der Waals surface area contributed by atoms with Gasteiger partial charge < -0.3 is 25.5 Å². The molecule has 6 nitrogen and oxygen atoms in total. The van der Waals surface area contributed by atoms with Crippen LogP contribution in [-0.4, -0.2) is 65.7 Å². The van der Waals surface area contributed by atoms with Crippen molar-refractivity contribution in [3.8, 4) is 0 Å². The fourth-order valence-corrected chi connectivity index (χ4v) is 1.82. The molecule has 0 saturated heterocycles. The number of aliphatic hydroxyl groups is 3. The van der Waals surface area contributed by atoms with Gasteiger partial charge in [0.15, 0.2) is 0 Å². The van der Waals surface area contributed by atoms with Crippen molar-refractivity contribution in [2.45, 2.75) is 41.5 Å². The molecule has 22 heavy (non-hydrogen) atoms. The monoisotopic (exact) mass is 318 g/mol. The zero-order chi connectivity index (χ0) is 17.6. The second-order valence-electron chi connectivity index (χ2n) is 8.48. The fourth-order valence-electron chi connectivity index (χ4n) is 1.82. The highest BCUT2D eigenvalue weighted by Gasteiger charge is 2.30. The number of urea groups is 1. The molecule has 0 rings (SSSR count). The SMILES string of the molecule is CC(C)(CO)CNC(=O)N(CC(C)(C)CO)CC(C)(C)CO. The van der Waals surface area contributed by atoms with Crippen LogP contribution in [-0.2, 0) is 0 Å². The van der Waals surface area contributed by atoms with Gasteiger partial charge in [-0.05, 0) is 0 Å². The first-order valence-corrected chi connectivity index (χ1v) is 7.73. The second kappa shape index (κ2) is 8.13. The molecule has 0 saturated carbocycles. The first-order valence-electron chi connectivity index (χ1n) is 7.73. The third-order valence-electron chi connectivity index (χ3n) is 3.53. The van der Waals surface area contributed by atoms with Crippen molar-refractivity contribution < 1.29 is 20.1 Å². The topological polar surface area (TPSA) is 93.0 Å². The summed E-state index contributed by atoms with van der Waals surface area (Å²) in [5, 5.41) is 31.0. The maximum absolute atomic E-state index is 12.5. The fraction of sp³-hybridized carbons (Fsp3) is 0.938. The number of amides is 2. The Labute approximate surface area is 134 Å². The highest BCUT2D eigenvalue weighted by Crippen LogP contribution is 2.22. The van der Waals surface area contributed by atoms with Gasteiger partial charge in [0.1, 0.15) is 0 Å². The molecule has 0 aliphatic carbocycles. The number of aliphatic hydroxyl groups excluding tert-OH is 3. The van der Waals surface area contributed by atoms with E-state index in [0.29, 0.717) is 19.6 Å². The van der Waals surface area contributed by atoms with Gasteiger partial charge in [-0.2, -0.15) is 0 Å². The molecule has 0 aromatic carbocycles. The summed E-state index contributed by atoms with van der Waals surface area (Å²) in [7, 11) is 0. The minimum Gasteiger partial charge on any atom is -0.396 e. The summed E-state index contributed by atoms with van der Waals surface area (Å²) >= 11 is 0. The molecular weight excluding hydrogens is 284 g/mol. The van der Waals surface area contributed by atoms with Crippen molar-refractivity contribution in [2.24, 2.45) is 16.2 Å². The van der Waals surface area contributed by atoms with Crippen molar-refractivity contribution in [1.29, 1.82) is 0 Å². The van der Waals surface area contributed by atoms with Crippen molar-refractivity contribution in [3.63, 3.8) is 0 Å². The van der Waals surface area contributed by atoms with Crippen LogP contribution in [0, 0.1) is 16.2 Å². The number of hydrogen-bond donors (Lipinski definition) is 4. The summed E-state index contributed by atoms with van der Waals surface area (Å²) in [6.07, 6.45) is 0. The molecule has 0 unspecified atom stereocenters. The summed E-state index contributed by atoms with van der Waals surface area (Å²) in [6, 6.07) is -0.246. The Hall–Kier alpha value is -0.850. The van der Waals surface area contributed by atoms with Gasteiger partial charge in [-0.1, -0.05) is 41.5 Å². The normalized spacial score (nSPS) is 13.1. The molecule has 6 heteroatoms. The van der Waals surface area contributed by atoms with Crippen molar-refractivity contribution >= 4 is 6.03 Å². The average Bonchev–Trinajstić information content (AvgIpc) is 2.43. The largest absolute Gasteiger partial charge is 0.396 e. The molecule has 0 aliphatic rings. The van der Waals surface area contributed by atoms with Crippen LogP contribution in [0.3, 0.4) is 0 Å². The van der Waals surface area contributed by atoms with E-state index in [0.717, 1.165) is 0 Å². The van der Waals surface area contributed by atoms with E-state index in [4.69, 9.17) is 0 Å². The molecule has 0 heterocycles. The van der Waals surface area contributed by atoms with E-state index >= 15 is 0 Å². The first-order chi connectivity index (χ1) is 9.88. The Morgan fingerprint density at radius 2 is 1.18 bits per heavy atom. The van der Waals surface area contributed by atoms with Crippen LogP contribution in [0.1, 0.15) is 41.5 Å². The maximum atomic E-state index is 12.5. The number of carbonyl (C=O) groups is 1. The molecule has 0 bridgehead atoms. The molecule has 2 amide bonds. The van der Waals surface area contributed by atoms with E-state index in [-0.39, 0.29) is 31.3 Å². The molecule has 4 N–H and O–H groups in total. The quantitative estimate of drug-likeness (QED) is 0.511. The van der Waals surface area contributed by atoms with E-state index in [1.165, 1.54) is 0 Å². The van der Waals surface area contributed by atoms with Gasteiger partial charge >= 0.3 is 6.03 Å². The van der Waals surface area contributed by atoms with Crippen LogP contribution in [0.15, 0.2) is 0 Å². The smallest absolute Gasteiger partial charge is 0.317 e. The minimum absolute atomic E-state index is 0.0163. The van der Waals surface area contributed by atoms with Crippen molar-refractivity contribution in [2.75, 3.05) is 39.5 Å². The van der Waals surface area contributed by atoms with Gasteiger partial charge in [0.05, 0.1) is 0 Å². The lowest BCUT2D eigenvalue weighted by Crippen LogP contribution is -2.51. The van der Waals surface area contributed by atoms with Crippen LogP contribution in [0.4, 0.5) is 4.79 Å². The molecule has 0 atom stereocenters. The molecule has 0 aromatic heterocycles. The zero-order valence-corrected chi connectivity index (χ0v) is 14.9. The Kier molecular flexibility index (Phi) is 7.81. The van der Waals surface area contributed by atoms with Gasteiger partial charge in [-0.3, -0.25) is 0 Å². The van der Waals surface area contributed by atoms with Crippen LogP contribution >= 0.6 is 0 Å². The van der Waals surface area contributed by atoms with E-state index in [9.17, 15) is 20.1 Å². The molecule has 0 spiro atoms. The Bertz CT molecular complexity index is 336. The van der Waals surface area contributed by atoms with Gasteiger partial charge in [0.2, 0.25) is 0 Å². The molecule has 0 aliphatic heterocycles. The Morgan fingerprint density at radius 1 is 0.818 bits per heavy atom. The Balaban J connectivity index is 4.94. The Morgan fingerprint density at radius 3 is 1.50 bits per heavy atom. The first kappa shape index (κ1) is 21.1. The number of rotatable bonds is 9. The highest BCUT2D eigenvalue weighted by molar-refractivity contribution is 5.74. The summed E-state index contributed by atoms with van der Waals surface area (Å²) in [5.74, 6) is 0. The van der Waals surface area contributed by atoms with Gasteiger partial charge in [-0.25, -0.2) is 4.79 Å². The van der Waals surface area contributed by atoms with Crippen LogP contribution in [0.5, 0.6) is 0 Å². The van der Waals surface area contributed by atoms with Crippen LogP contribution < -0.4 is 5.32 Å². The second-order valence-corrected chi connectivity index (χ2v) is 8.48. The molecule has 0 fully saturated rings. The number of nitrogens with one attached hydrogen (secondary N) is 1. The highest BCUT2D eigenvalue weighted by atomic mass is 16.3. The standard InChI is InChI=1S/C16H34N2O4/c1-14(2,10-19)7-17-13(22)18(8-15(3,4)11-20)9-16(5,6)12-21/h19-21H,7-12H2,1-6H3,(H,17,22). The van der Waals surface area contributed by atoms with Crippen molar-refractivity contribution in [3.05, 3.63) is 0 Å². The summed E-state index contributed by atoms with van der Waals surface area (Å²) < 4.78 is 0. The number of carbonyl (C=O) groups excluding carboxylic acids is 1. The summed E-state index contributed by atoms with van der Waals surface area (Å²) in [5.41, 5.74) is -1.23. The predicted molar refractivity (Wildman–Crippen MR) is 87.6 cm³/mol. The predicted octanol–water partition coefficient (Wildman–Crippen LogP) is 1.05. The lowest BCUT2D eigenvalue weighted by atomic mass is 9.90. The van der Waals surface area contributed by atoms with E-state index in [1.807, 2.05) is 41.5 Å². The van der Waals surface area contributed by atoms with Crippen LogP contribution in [0.2, 0.25) is 0 Å². The lowest BCUT2D eigenvalue weighted by molar-refractivity contribution is 0.0714. The molecule has 0 aromatic rings. The summed E-state index contributed by atoms with van der Waals surface area (Å²) in [4.78, 5) is 14.1. The summed E-state index contributed by atoms with van der Waals surface area (Å²) in [6.45, 7) is 12.3. The lowest BCUT2D eigenvalue weighted by Gasteiger charge is -2.37. The minimum atomic E-state index is -0.421. The molecule has 132 valence electrons. The maximum Gasteiger partial charge on any atom is 0.317 e. The van der Waals surface area contributed by atoms with Gasteiger partial charge in [0, 0.05) is 55.7 Å². The van der Waals surface area contributed by atoms with E-state index < -0.39 is 10.8 Å². The van der Waals surface area contributed by atoms with Crippen molar-refractivity contribution in [1.82, 2.24) is 10.2 Å². The molecular formula is C16H34N2O4. The molecule has 0 radical (unpaired) electrons. The van der Waals surface area contributed by atoms with Crippen LogP contribution in [0.25, 0.3) is 0 Å². The number of hydrogen-bond acceptors (Lipinski definition) is 4. The van der Waals surface area contributed by atoms with E-state index in [2.05, 4.69) is 5.32 Å². The van der Waals surface area contributed by atoms with Gasteiger partial charge in [0.25, 0.3) is 0 Å². The number of nitrogens with zero attached hydrogens (tertiary/aromatic N) is 1. The zero-order valence-electron chi connectivity index (χ0n) is 14.9. The third kappa shape index (κ3) is 7.96. The van der Waals surface area contributed by atoms with Gasteiger partial charge in [-0.15, -0.1) is 0 Å². The average molecular weight is 318 g/mol.